The lowest BCUT2D eigenvalue weighted by atomic mass is 10.1. The maximum absolute atomic E-state index is 12.3. The summed E-state index contributed by atoms with van der Waals surface area (Å²) < 4.78 is 46.0. The standard InChI is InChI=1S/C14H20F3NO2/c1-3-6-12(10-19-2)18-9-11-7-4-5-8-13(11)20-14(15,16)17/h4-5,7-8,12,18H,3,6,9-10H2,1-2H3. The van der Waals surface area contributed by atoms with Crippen molar-refractivity contribution in [3.8, 4) is 5.75 Å². The van der Waals surface area contributed by atoms with E-state index in [1.807, 2.05) is 6.92 Å². The number of para-hydroxylation sites is 1. The monoisotopic (exact) mass is 291 g/mol. The highest BCUT2D eigenvalue weighted by Gasteiger charge is 2.31. The van der Waals surface area contributed by atoms with Crippen LogP contribution < -0.4 is 10.1 Å². The van der Waals surface area contributed by atoms with E-state index < -0.39 is 6.36 Å². The van der Waals surface area contributed by atoms with Crippen LogP contribution in [-0.4, -0.2) is 26.1 Å². The van der Waals surface area contributed by atoms with Gasteiger partial charge in [0.15, 0.2) is 0 Å². The summed E-state index contributed by atoms with van der Waals surface area (Å²) in [7, 11) is 1.60. The Bertz CT molecular complexity index is 390. The SMILES string of the molecule is CCCC(COC)NCc1ccccc1OC(F)(F)F. The molecule has 0 aromatic heterocycles. The minimum Gasteiger partial charge on any atom is -0.405 e. The Morgan fingerprint density at radius 1 is 1.25 bits per heavy atom. The Balaban J connectivity index is 2.66. The fourth-order valence-corrected chi connectivity index (χ4v) is 1.92. The average molecular weight is 291 g/mol. The molecule has 0 saturated heterocycles. The van der Waals surface area contributed by atoms with Crippen LogP contribution in [-0.2, 0) is 11.3 Å². The van der Waals surface area contributed by atoms with Crippen LogP contribution in [0.2, 0.25) is 0 Å². The van der Waals surface area contributed by atoms with Gasteiger partial charge in [-0.05, 0) is 12.5 Å². The minimum atomic E-state index is -4.68. The zero-order valence-electron chi connectivity index (χ0n) is 11.7. The molecule has 1 atom stereocenters. The summed E-state index contributed by atoms with van der Waals surface area (Å²) >= 11 is 0. The first-order valence-electron chi connectivity index (χ1n) is 6.52. The Kier molecular flexibility index (Phi) is 6.81. The third kappa shape index (κ3) is 6.25. The van der Waals surface area contributed by atoms with Crippen molar-refractivity contribution >= 4 is 0 Å². The van der Waals surface area contributed by atoms with Gasteiger partial charge in [-0.15, -0.1) is 13.2 Å². The van der Waals surface area contributed by atoms with Crippen molar-refractivity contribution in [3.05, 3.63) is 29.8 Å². The van der Waals surface area contributed by atoms with Gasteiger partial charge in [0.2, 0.25) is 0 Å². The van der Waals surface area contributed by atoms with E-state index in [1.165, 1.54) is 12.1 Å². The zero-order valence-corrected chi connectivity index (χ0v) is 11.7. The van der Waals surface area contributed by atoms with E-state index >= 15 is 0 Å². The second kappa shape index (κ2) is 8.11. The maximum atomic E-state index is 12.3. The first-order chi connectivity index (χ1) is 9.46. The van der Waals surface area contributed by atoms with Crippen LogP contribution >= 0.6 is 0 Å². The molecule has 0 aliphatic carbocycles. The van der Waals surface area contributed by atoms with Crippen LogP contribution in [0.3, 0.4) is 0 Å². The number of alkyl halides is 3. The van der Waals surface area contributed by atoms with Crippen molar-refractivity contribution in [1.29, 1.82) is 0 Å². The highest BCUT2D eigenvalue weighted by Crippen LogP contribution is 2.26. The second-order valence-corrected chi connectivity index (χ2v) is 4.48. The number of hydrogen-bond donors (Lipinski definition) is 1. The molecule has 1 unspecified atom stereocenters. The van der Waals surface area contributed by atoms with Crippen LogP contribution in [0.1, 0.15) is 25.3 Å². The van der Waals surface area contributed by atoms with Crippen LogP contribution in [0.4, 0.5) is 13.2 Å². The van der Waals surface area contributed by atoms with Gasteiger partial charge in [0.05, 0.1) is 6.61 Å². The van der Waals surface area contributed by atoms with E-state index in [0.717, 1.165) is 12.8 Å². The van der Waals surface area contributed by atoms with Gasteiger partial charge in [0.25, 0.3) is 0 Å². The van der Waals surface area contributed by atoms with E-state index in [9.17, 15) is 13.2 Å². The second-order valence-electron chi connectivity index (χ2n) is 4.48. The highest BCUT2D eigenvalue weighted by atomic mass is 19.4. The highest BCUT2D eigenvalue weighted by molar-refractivity contribution is 5.33. The van der Waals surface area contributed by atoms with Crippen molar-refractivity contribution < 1.29 is 22.6 Å². The van der Waals surface area contributed by atoms with Gasteiger partial charge in [-0.25, -0.2) is 0 Å². The van der Waals surface area contributed by atoms with Crippen LogP contribution in [0.15, 0.2) is 24.3 Å². The molecule has 0 fully saturated rings. The lowest BCUT2D eigenvalue weighted by molar-refractivity contribution is -0.274. The molecule has 0 aliphatic heterocycles. The summed E-state index contributed by atoms with van der Waals surface area (Å²) in [4.78, 5) is 0. The molecule has 0 bridgehead atoms. The van der Waals surface area contributed by atoms with Crippen molar-refractivity contribution in [2.75, 3.05) is 13.7 Å². The molecule has 3 nitrogen and oxygen atoms in total. The zero-order chi connectivity index (χ0) is 15.0. The molecule has 114 valence electrons. The van der Waals surface area contributed by atoms with Crippen molar-refractivity contribution in [2.45, 2.75) is 38.7 Å². The number of benzene rings is 1. The van der Waals surface area contributed by atoms with E-state index in [2.05, 4.69) is 10.1 Å². The van der Waals surface area contributed by atoms with Crippen molar-refractivity contribution in [1.82, 2.24) is 5.32 Å². The Morgan fingerprint density at radius 2 is 1.95 bits per heavy atom. The van der Waals surface area contributed by atoms with Crippen LogP contribution in [0, 0.1) is 0 Å². The summed E-state index contributed by atoms with van der Waals surface area (Å²) in [5.74, 6) is -0.167. The molecule has 0 spiro atoms. The van der Waals surface area contributed by atoms with E-state index in [4.69, 9.17) is 4.74 Å². The van der Waals surface area contributed by atoms with Crippen LogP contribution in [0.25, 0.3) is 0 Å². The van der Waals surface area contributed by atoms with E-state index in [-0.39, 0.29) is 11.8 Å². The molecule has 1 aromatic carbocycles. The quantitative estimate of drug-likeness (QED) is 0.795. The molecule has 0 amide bonds. The summed E-state index contributed by atoms with van der Waals surface area (Å²) in [5, 5.41) is 3.19. The van der Waals surface area contributed by atoms with Crippen molar-refractivity contribution in [3.63, 3.8) is 0 Å². The van der Waals surface area contributed by atoms with Gasteiger partial charge in [0.1, 0.15) is 5.75 Å². The molecule has 1 N–H and O–H groups in total. The number of methoxy groups -OCH3 is 1. The summed E-state index contributed by atoms with van der Waals surface area (Å²) in [6.07, 6.45) is -2.80. The van der Waals surface area contributed by atoms with Gasteiger partial charge in [-0.1, -0.05) is 31.5 Å². The molecule has 6 heteroatoms. The molecule has 20 heavy (non-hydrogen) atoms. The van der Waals surface area contributed by atoms with Crippen molar-refractivity contribution in [2.24, 2.45) is 0 Å². The Morgan fingerprint density at radius 3 is 2.55 bits per heavy atom. The van der Waals surface area contributed by atoms with E-state index in [0.29, 0.717) is 18.7 Å². The smallest absolute Gasteiger partial charge is 0.405 e. The fourth-order valence-electron chi connectivity index (χ4n) is 1.92. The topological polar surface area (TPSA) is 30.5 Å². The van der Waals surface area contributed by atoms with Gasteiger partial charge in [0, 0.05) is 25.3 Å². The largest absolute Gasteiger partial charge is 0.573 e. The molecular formula is C14H20F3NO2. The number of halogens is 3. The summed E-state index contributed by atoms with van der Waals surface area (Å²) in [6.45, 7) is 2.88. The normalized spacial score (nSPS) is 13.2. The fraction of sp³-hybridized carbons (Fsp3) is 0.571. The first kappa shape index (κ1) is 16.8. The number of nitrogens with one attached hydrogen (secondary N) is 1. The number of ether oxygens (including phenoxy) is 2. The average Bonchev–Trinajstić information content (AvgIpc) is 2.36. The lowest BCUT2D eigenvalue weighted by Crippen LogP contribution is -2.32. The van der Waals surface area contributed by atoms with Crippen LogP contribution in [0.5, 0.6) is 5.75 Å². The predicted molar refractivity (Wildman–Crippen MR) is 70.5 cm³/mol. The summed E-state index contributed by atoms with van der Waals surface area (Å²) in [5.41, 5.74) is 0.474. The maximum Gasteiger partial charge on any atom is 0.573 e. The number of hydrogen-bond acceptors (Lipinski definition) is 3. The molecular weight excluding hydrogens is 271 g/mol. The minimum absolute atomic E-state index is 0.115. The molecule has 1 aromatic rings. The number of rotatable bonds is 8. The van der Waals surface area contributed by atoms with E-state index in [1.54, 1.807) is 19.2 Å². The third-order valence-corrected chi connectivity index (χ3v) is 2.78. The van der Waals surface area contributed by atoms with Gasteiger partial charge in [-0.2, -0.15) is 0 Å². The Hall–Kier alpha value is -1.27. The predicted octanol–water partition coefficient (Wildman–Crippen LogP) is 3.49. The molecule has 1 rings (SSSR count). The lowest BCUT2D eigenvalue weighted by Gasteiger charge is -2.19. The Labute approximate surface area is 117 Å². The first-order valence-corrected chi connectivity index (χ1v) is 6.52. The molecule has 0 saturated carbocycles. The molecule has 0 aliphatic rings. The van der Waals surface area contributed by atoms with Gasteiger partial charge >= 0.3 is 6.36 Å². The molecule has 0 radical (unpaired) electrons. The molecule has 0 heterocycles. The summed E-state index contributed by atoms with van der Waals surface area (Å²) in [6, 6.07) is 6.25. The van der Waals surface area contributed by atoms with Gasteiger partial charge in [-0.3, -0.25) is 0 Å². The van der Waals surface area contributed by atoms with Gasteiger partial charge < -0.3 is 14.8 Å². The third-order valence-electron chi connectivity index (χ3n) is 2.78.